The molecule has 1 aromatic heterocycles. The zero-order chi connectivity index (χ0) is 15.9. The summed E-state index contributed by atoms with van der Waals surface area (Å²) in [5.74, 6) is 0.818. The van der Waals surface area contributed by atoms with Crippen LogP contribution in [0.3, 0.4) is 0 Å². The molecule has 1 aliphatic rings. The summed E-state index contributed by atoms with van der Waals surface area (Å²) in [6.07, 6.45) is 1.85. The van der Waals surface area contributed by atoms with Crippen molar-refractivity contribution in [2.24, 2.45) is 0 Å². The molecule has 1 fully saturated rings. The molecule has 0 radical (unpaired) electrons. The second-order valence-electron chi connectivity index (χ2n) is 5.72. The van der Waals surface area contributed by atoms with Crippen molar-refractivity contribution >= 4 is 11.8 Å². The highest BCUT2D eigenvalue weighted by atomic mass is 32.2. The lowest BCUT2D eigenvalue weighted by molar-refractivity contribution is 0.131. The Morgan fingerprint density at radius 1 is 0.957 bits per heavy atom. The van der Waals surface area contributed by atoms with Crippen LogP contribution in [0.1, 0.15) is 5.69 Å². The van der Waals surface area contributed by atoms with Gasteiger partial charge in [0.2, 0.25) is 0 Å². The number of nitrogens with zero attached hydrogens (tertiary/aromatic N) is 3. The van der Waals surface area contributed by atoms with E-state index in [4.69, 9.17) is 0 Å². The minimum Gasteiger partial charge on any atom is -0.300 e. The fourth-order valence-electron chi connectivity index (χ4n) is 2.74. The number of pyridine rings is 1. The van der Waals surface area contributed by atoms with Gasteiger partial charge in [-0.05, 0) is 24.3 Å². The molecule has 1 aromatic carbocycles. The number of piperazine rings is 1. The van der Waals surface area contributed by atoms with Crippen molar-refractivity contribution in [3.05, 3.63) is 60.2 Å². The molecule has 1 saturated heterocycles. The Morgan fingerprint density at radius 3 is 2.43 bits per heavy atom. The first-order chi connectivity index (χ1) is 11.3. The first kappa shape index (κ1) is 16.4. The highest BCUT2D eigenvalue weighted by Gasteiger charge is 2.17. The quantitative estimate of drug-likeness (QED) is 0.757. The number of rotatable bonds is 6. The third-order valence-electron chi connectivity index (χ3n) is 4.08. The minimum absolute atomic E-state index is 0.113. The highest BCUT2D eigenvalue weighted by molar-refractivity contribution is 7.99. The smallest absolute Gasteiger partial charge is 0.136 e. The van der Waals surface area contributed by atoms with E-state index in [-0.39, 0.29) is 5.82 Å². The Labute approximate surface area is 141 Å². The average molecular weight is 331 g/mol. The Morgan fingerprint density at radius 2 is 1.70 bits per heavy atom. The highest BCUT2D eigenvalue weighted by Crippen LogP contribution is 2.21. The van der Waals surface area contributed by atoms with Gasteiger partial charge in [-0.15, -0.1) is 11.8 Å². The lowest BCUT2D eigenvalue weighted by atomic mass is 10.2. The summed E-state index contributed by atoms with van der Waals surface area (Å²) >= 11 is 1.60. The molecule has 0 spiro atoms. The van der Waals surface area contributed by atoms with Crippen LogP contribution in [0, 0.1) is 5.82 Å². The van der Waals surface area contributed by atoms with Crippen molar-refractivity contribution in [3.63, 3.8) is 0 Å². The van der Waals surface area contributed by atoms with Crippen molar-refractivity contribution in [1.29, 1.82) is 0 Å². The summed E-state index contributed by atoms with van der Waals surface area (Å²) in [6.45, 7) is 6.23. The average Bonchev–Trinajstić information content (AvgIpc) is 2.59. The van der Waals surface area contributed by atoms with Crippen LogP contribution in [-0.2, 0) is 6.54 Å². The van der Waals surface area contributed by atoms with E-state index >= 15 is 0 Å². The van der Waals surface area contributed by atoms with Crippen molar-refractivity contribution < 1.29 is 4.39 Å². The molecule has 23 heavy (non-hydrogen) atoms. The molecular formula is C18H22FN3S. The number of halogens is 1. The summed E-state index contributed by atoms with van der Waals surface area (Å²) in [5.41, 5.74) is 1.14. The van der Waals surface area contributed by atoms with Crippen molar-refractivity contribution in [2.45, 2.75) is 11.4 Å². The molecular weight excluding hydrogens is 309 g/mol. The molecule has 0 atom stereocenters. The molecule has 3 nitrogen and oxygen atoms in total. The summed E-state index contributed by atoms with van der Waals surface area (Å²) < 4.78 is 13.6. The second kappa shape index (κ2) is 8.43. The molecule has 1 aliphatic heterocycles. The number of benzene rings is 1. The SMILES string of the molecule is Fc1ccccc1SCCN1CCN(Cc2ccccn2)CC1. The van der Waals surface area contributed by atoms with E-state index in [0.29, 0.717) is 0 Å². The molecule has 3 rings (SSSR count). The Balaban J connectivity index is 1.37. The van der Waals surface area contributed by atoms with Gasteiger partial charge in [-0.3, -0.25) is 14.8 Å². The predicted molar refractivity (Wildman–Crippen MR) is 93.1 cm³/mol. The number of hydrogen-bond acceptors (Lipinski definition) is 4. The Bertz CT molecular complexity index is 600. The van der Waals surface area contributed by atoms with Gasteiger partial charge in [0.25, 0.3) is 0 Å². The monoisotopic (exact) mass is 331 g/mol. The van der Waals surface area contributed by atoms with Crippen LogP contribution >= 0.6 is 11.8 Å². The molecule has 5 heteroatoms. The molecule has 2 aromatic rings. The van der Waals surface area contributed by atoms with E-state index in [1.807, 2.05) is 30.5 Å². The summed E-state index contributed by atoms with van der Waals surface area (Å²) in [4.78, 5) is 10.0. The molecule has 122 valence electrons. The number of hydrogen-bond donors (Lipinski definition) is 0. The molecule has 0 saturated carbocycles. The van der Waals surface area contributed by atoms with Crippen LogP contribution in [0.5, 0.6) is 0 Å². The van der Waals surface area contributed by atoms with Crippen LogP contribution in [0.15, 0.2) is 53.6 Å². The molecule has 2 heterocycles. The van der Waals surface area contributed by atoms with Gasteiger partial charge in [-0.1, -0.05) is 18.2 Å². The van der Waals surface area contributed by atoms with Crippen molar-refractivity contribution in [2.75, 3.05) is 38.5 Å². The summed E-state index contributed by atoms with van der Waals surface area (Å²) in [7, 11) is 0. The first-order valence-corrected chi connectivity index (χ1v) is 9.02. The molecule has 0 aliphatic carbocycles. The maximum atomic E-state index is 13.6. The topological polar surface area (TPSA) is 19.4 Å². The van der Waals surface area contributed by atoms with E-state index in [1.54, 1.807) is 17.8 Å². The second-order valence-corrected chi connectivity index (χ2v) is 6.85. The van der Waals surface area contributed by atoms with Crippen molar-refractivity contribution in [3.8, 4) is 0 Å². The van der Waals surface area contributed by atoms with Gasteiger partial charge in [-0.25, -0.2) is 4.39 Å². The van der Waals surface area contributed by atoms with Crippen LogP contribution in [0.25, 0.3) is 0 Å². The van der Waals surface area contributed by atoms with Gasteiger partial charge in [0.1, 0.15) is 5.82 Å². The predicted octanol–water partition coefficient (Wildman–Crippen LogP) is 3.13. The Hall–Kier alpha value is -1.43. The van der Waals surface area contributed by atoms with E-state index < -0.39 is 0 Å². The molecule has 0 N–H and O–H groups in total. The number of aromatic nitrogens is 1. The standard InChI is InChI=1S/C18H22FN3S/c19-17-6-1-2-7-18(17)23-14-13-21-9-11-22(12-10-21)15-16-5-3-4-8-20-16/h1-8H,9-15H2. The van der Waals surface area contributed by atoms with Crippen LogP contribution < -0.4 is 0 Å². The fraction of sp³-hybridized carbons (Fsp3) is 0.389. The van der Waals surface area contributed by atoms with E-state index in [0.717, 1.165) is 55.6 Å². The molecule has 0 unspecified atom stereocenters. The lowest BCUT2D eigenvalue weighted by Crippen LogP contribution is -2.46. The minimum atomic E-state index is -0.113. The van der Waals surface area contributed by atoms with Crippen molar-refractivity contribution in [1.82, 2.24) is 14.8 Å². The van der Waals surface area contributed by atoms with Gasteiger partial charge in [-0.2, -0.15) is 0 Å². The first-order valence-electron chi connectivity index (χ1n) is 8.03. The van der Waals surface area contributed by atoms with Crippen LogP contribution in [0.4, 0.5) is 4.39 Å². The third-order valence-corrected chi connectivity index (χ3v) is 5.11. The maximum Gasteiger partial charge on any atom is 0.136 e. The van der Waals surface area contributed by atoms with Gasteiger partial charge in [0.05, 0.1) is 5.69 Å². The molecule has 0 bridgehead atoms. The fourth-order valence-corrected chi connectivity index (χ4v) is 3.69. The van der Waals surface area contributed by atoms with E-state index in [1.165, 1.54) is 6.07 Å². The number of thioether (sulfide) groups is 1. The van der Waals surface area contributed by atoms with Gasteiger partial charge >= 0.3 is 0 Å². The zero-order valence-corrected chi connectivity index (χ0v) is 14.0. The maximum absolute atomic E-state index is 13.6. The Kier molecular flexibility index (Phi) is 6.02. The van der Waals surface area contributed by atoms with Gasteiger partial charge in [0, 0.05) is 56.1 Å². The van der Waals surface area contributed by atoms with Gasteiger partial charge < -0.3 is 0 Å². The van der Waals surface area contributed by atoms with Crippen LogP contribution in [0.2, 0.25) is 0 Å². The summed E-state index contributed by atoms with van der Waals surface area (Å²) in [5, 5.41) is 0. The van der Waals surface area contributed by atoms with E-state index in [2.05, 4.69) is 20.9 Å². The lowest BCUT2D eigenvalue weighted by Gasteiger charge is -2.34. The summed E-state index contributed by atoms with van der Waals surface area (Å²) in [6, 6.07) is 13.1. The zero-order valence-electron chi connectivity index (χ0n) is 13.2. The normalized spacial score (nSPS) is 16.6. The van der Waals surface area contributed by atoms with Gasteiger partial charge in [0.15, 0.2) is 0 Å². The molecule has 0 amide bonds. The van der Waals surface area contributed by atoms with E-state index in [9.17, 15) is 4.39 Å². The largest absolute Gasteiger partial charge is 0.300 e. The third kappa shape index (κ3) is 5.03. The van der Waals surface area contributed by atoms with Crippen LogP contribution in [-0.4, -0.2) is 53.3 Å².